The van der Waals surface area contributed by atoms with E-state index in [1.165, 1.54) is 18.2 Å². The van der Waals surface area contributed by atoms with Crippen molar-refractivity contribution in [2.75, 3.05) is 6.61 Å². The fraction of sp³-hybridized carbons (Fsp3) is 0.125. The van der Waals surface area contributed by atoms with Gasteiger partial charge in [-0.25, -0.2) is 4.39 Å². The SMILES string of the molecule is O=CCOc1cc(F)ccc1Br. The van der Waals surface area contributed by atoms with Crippen LogP contribution >= 0.6 is 15.9 Å². The molecule has 1 aromatic carbocycles. The molecule has 0 aliphatic carbocycles. The van der Waals surface area contributed by atoms with Gasteiger partial charge in [0, 0.05) is 6.07 Å². The Morgan fingerprint density at radius 3 is 3.00 bits per heavy atom. The molecule has 0 aliphatic rings. The largest absolute Gasteiger partial charge is 0.485 e. The highest BCUT2D eigenvalue weighted by Gasteiger charge is 2.01. The van der Waals surface area contributed by atoms with Crippen molar-refractivity contribution in [3.8, 4) is 5.75 Å². The number of rotatable bonds is 3. The van der Waals surface area contributed by atoms with E-state index in [0.29, 0.717) is 16.5 Å². The lowest BCUT2D eigenvalue weighted by Crippen LogP contribution is -1.98. The molecule has 0 saturated heterocycles. The molecule has 0 radical (unpaired) electrons. The first-order valence-electron chi connectivity index (χ1n) is 3.25. The molecule has 4 heteroatoms. The lowest BCUT2D eigenvalue weighted by Gasteiger charge is -2.03. The summed E-state index contributed by atoms with van der Waals surface area (Å²) in [5, 5.41) is 0. The molecule has 0 bridgehead atoms. The number of carbonyl (C=O) groups is 1. The predicted octanol–water partition coefficient (Wildman–Crippen LogP) is 2.17. The van der Waals surface area contributed by atoms with Crippen LogP contribution in [0.2, 0.25) is 0 Å². The van der Waals surface area contributed by atoms with E-state index >= 15 is 0 Å². The molecule has 0 saturated carbocycles. The van der Waals surface area contributed by atoms with Crippen molar-refractivity contribution < 1.29 is 13.9 Å². The molecule has 0 spiro atoms. The van der Waals surface area contributed by atoms with Crippen LogP contribution in [0.5, 0.6) is 5.75 Å². The van der Waals surface area contributed by atoms with Gasteiger partial charge in [-0.2, -0.15) is 0 Å². The Morgan fingerprint density at radius 1 is 1.58 bits per heavy atom. The van der Waals surface area contributed by atoms with Crippen LogP contribution in [0.1, 0.15) is 0 Å². The summed E-state index contributed by atoms with van der Waals surface area (Å²) in [4.78, 5) is 9.94. The van der Waals surface area contributed by atoms with Gasteiger partial charge in [-0.15, -0.1) is 0 Å². The Balaban J connectivity index is 2.82. The molecular weight excluding hydrogens is 227 g/mol. The number of benzene rings is 1. The van der Waals surface area contributed by atoms with E-state index in [-0.39, 0.29) is 12.4 Å². The zero-order valence-electron chi connectivity index (χ0n) is 6.09. The monoisotopic (exact) mass is 232 g/mol. The molecule has 64 valence electrons. The Kier molecular flexibility index (Phi) is 3.22. The number of aldehydes is 1. The van der Waals surface area contributed by atoms with Crippen molar-refractivity contribution >= 4 is 22.2 Å². The maximum absolute atomic E-state index is 12.6. The van der Waals surface area contributed by atoms with Crippen molar-refractivity contribution in [3.63, 3.8) is 0 Å². The third kappa shape index (κ3) is 2.30. The van der Waals surface area contributed by atoms with Crippen LogP contribution in [-0.4, -0.2) is 12.9 Å². The van der Waals surface area contributed by atoms with Gasteiger partial charge in [0.1, 0.15) is 18.2 Å². The van der Waals surface area contributed by atoms with Crippen molar-refractivity contribution in [1.29, 1.82) is 0 Å². The van der Waals surface area contributed by atoms with Gasteiger partial charge in [0.2, 0.25) is 0 Å². The highest BCUT2D eigenvalue weighted by atomic mass is 79.9. The number of hydrogen-bond acceptors (Lipinski definition) is 2. The molecule has 0 N–H and O–H groups in total. The van der Waals surface area contributed by atoms with Crippen molar-refractivity contribution in [2.45, 2.75) is 0 Å². The minimum absolute atomic E-state index is 0.0674. The average molecular weight is 233 g/mol. The van der Waals surface area contributed by atoms with Gasteiger partial charge >= 0.3 is 0 Å². The second-order valence-corrected chi connectivity index (χ2v) is 2.91. The lowest BCUT2D eigenvalue weighted by molar-refractivity contribution is -0.109. The first kappa shape index (κ1) is 9.19. The van der Waals surface area contributed by atoms with E-state index in [1.54, 1.807) is 0 Å². The van der Waals surface area contributed by atoms with Gasteiger partial charge in [-0.05, 0) is 28.1 Å². The van der Waals surface area contributed by atoms with Crippen molar-refractivity contribution in [1.82, 2.24) is 0 Å². The van der Waals surface area contributed by atoms with Gasteiger partial charge in [-0.1, -0.05) is 0 Å². The summed E-state index contributed by atoms with van der Waals surface area (Å²) in [6.07, 6.45) is 0.608. The Hall–Kier alpha value is -0.900. The Bertz CT molecular complexity index is 288. The van der Waals surface area contributed by atoms with Gasteiger partial charge in [0.25, 0.3) is 0 Å². The lowest BCUT2D eigenvalue weighted by atomic mass is 10.3. The maximum Gasteiger partial charge on any atom is 0.157 e. The van der Waals surface area contributed by atoms with Gasteiger partial charge in [0.15, 0.2) is 6.29 Å². The third-order valence-corrected chi connectivity index (χ3v) is 1.86. The van der Waals surface area contributed by atoms with Crippen molar-refractivity contribution in [3.05, 3.63) is 28.5 Å². The molecule has 0 amide bonds. The highest BCUT2D eigenvalue weighted by Crippen LogP contribution is 2.25. The van der Waals surface area contributed by atoms with E-state index < -0.39 is 0 Å². The highest BCUT2D eigenvalue weighted by molar-refractivity contribution is 9.10. The summed E-state index contributed by atoms with van der Waals surface area (Å²) in [5.41, 5.74) is 0. The van der Waals surface area contributed by atoms with E-state index in [9.17, 15) is 9.18 Å². The first-order chi connectivity index (χ1) is 5.74. The second kappa shape index (κ2) is 4.21. The molecule has 2 nitrogen and oxygen atoms in total. The molecule has 0 heterocycles. The molecule has 0 aliphatic heterocycles. The molecule has 0 unspecified atom stereocenters. The molecule has 12 heavy (non-hydrogen) atoms. The second-order valence-electron chi connectivity index (χ2n) is 2.05. The molecule has 1 aromatic rings. The molecule has 0 atom stereocenters. The molecule has 0 fully saturated rings. The summed E-state index contributed by atoms with van der Waals surface area (Å²) in [6, 6.07) is 4.04. The van der Waals surface area contributed by atoms with Crippen LogP contribution in [0.4, 0.5) is 4.39 Å². The Labute approximate surface area is 77.5 Å². The minimum atomic E-state index is -0.390. The zero-order valence-corrected chi connectivity index (χ0v) is 7.67. The molecular formula is C8H6BrFO2. The number of halogens is 2. The van der Waals surface area contributed by atoms with E-state index in [2.05, 4.69) is 15.9 Å². The quantitative estimate of drug-likeness (QED) is 0.747. The number of hydrogen-bond donors (Lipinski definition) is 0. The minimum Gasteiger partial charge on any atom is -0.485 e. The van der Waals surface area contributed by atoms with Crippen LogP contribution in [0.15, 0.2) is 22.7 Å². The summed E-state index contributed by atoms with van der Waals surface area (Å²) in [7, 11) is 0. The maximum atomic E-state index is 12.6. The van der Waals surface area contributed by atoms with Gasteiger partial charge in [0.05, 0.1) is 4.47 Å². The van der Waals surface area contributed by atoms with E-state index in [0.717, 1.165) is 0 Å². The third-order valence-electron chi connectivity index (χ3n) is 1.20. The van der Waals surface area contributed by atoms with E-state index in [4.69, 9.17) is 4.74 Å². The zero-order chi connectivity index (χ0) is 8.97. The fourth-order valence-electron chi connectivity index (χ4n) is 0.712. The summed E-state index contributed by atoms with van der Waals surface area (Å²) < 4.78 is 18.1. The summed E-state index contributed by atoms with van der Waals surface area (Å²) >= 11 is 3.15. The fourth-order valence-corrected chi connectivity index (χ4v) is 1.07. The average Bonchev–Trinajstić information content (AvgIpc) is 2.07. The van der Waals surface area contributed by atoms with Crippen LogP contribution in [0, 0.1) is 5.82 Å². The smallest absolute Gasteiger partial charge is 0.157 e. The molecule has 0 aromatic heterocycles. The van der Waals surface area contributed by atoms with Crippen LogP contribution in [0.3, 0.4) is 0 Å². The van der Waals surface area contributed by atoms with Crippen LogP contribution in [-0.2, 0) is 4.79 Å². The predicted molar refractivity (Wildman–Crippen MR) is 45.7 cm³/mol. The van der Waals surface area contributed by atoms with Gasteiger partial charge in [-0.3, -0.25) is 4.79 Å². The standard InChI is InChI=1S/C8H6BrFO2/c9-7-2-1-6(10)5-8(7)12-4-3-11/h1-3,5H,4H2. The first-order valence-corrected chi connectivity index (χ1v) is 4.05. The van der Waals surface area contributed by atoms with Crippen molar-refractivity contribution in [2.24, 2.45) is 0 Å². The Morgan fingerprint density at radius 2 is 2.33 bits per heavy atom. The summed E-state index contributed by atoms with van der Waals surface area (Å²) in [6.45, 7) is -0.0674. The van der Waals surface area contributed by atoms with Crippen LogP contribution < -0.4 is 4.74 Å². The summed E-state index contributed by atoms with van der Waals surface area (Å²) in [5.74, 6) is -0.0544. The van der Waals surface area contributed by atoms with E-state index in [1.807, 2.05) is 0 Å². The van der Waals surface area contributed by atoms with Crippen LogP contribution in [0.25, 0.3) is 0 Å². The number of ether oxygens (including phenoxy) is 1. The number of carbonyl (C=O) groups excluding carboxylic acids is 1. The molecule has 1 rings (SSSR count). The normalized spacial score (nSPS) is 9.50. The van der Waals surface area contributed by atoms with Gasteiger partial charge < -0.3 is 4.74 Å². The topological polar surface area (TPSA) is 26.3 Å².